The second kappa shape index (κ2) is 4.51. The zero-order chi connectivity index (χ0) is 8.85. The molecule has 0 saturated carbocycles. The molecule has 0 aliphatic heterocycles. The molecule has 0 rings (SSSR count). The Morgan fingerprint density at radius 2 is 2.18 bits per heavy atom. The number of carbonyl (C=O) groups excluding carboxylic acids is 1. The normalized spacial score (nSPS) is 11.0. The van der Waals surface area contributed by atoms with E-state index >= 15 is 0 Å². The lowest BCUT2D eigenvalue weighted by molar-refractivity contribution is -0.117. The number of amides is 1. The summed E-state index contributed by atoms with van der Waals surface area (Å²) in [6.07, 6.45) is 1.50. The molecule has 0 aliphatic carbocycles. The minimum Gasteiger partial charge on any atom is -0.349 e. The van der Waals surface area contributed by atoms with Crippen LogP contribution < -0.4 is 5.32 Å². The van der Waals surface area contributed by atoms with Crippen LogP contribution >= 0.6 is 0 Å². The maximum absolute atomic E-state index is 11.0. The zero-order valence-corrected chi connectivity index (χ0v) is 7.01. The number of nitriles is 1. The molecule has 0 aromatic heterocycles. The van der Waals surface area contributed by atoms with Gasteiger partial charge in [0.05, 0.1) is 0 Å². The molecule has 0 aromatic carbocycles. The Kier molecular flexibility index (Phi) is 3.97. The average molecular weight is 152 g/mol. The number of allylic oxidation sites excluding steroid dienone is 1. The largest absolute Gasteiger partial charge is 0.349 e. The van der Waals surface area contributed by atoms with Gasteiger partial charge in [0, 0.05) is 6.04 Å². The molecule has 0 aliphatic rings. The van der Waals surface area contributed by atoms with Gasteiger partial charge in [-0.15, -0.1) is 0 Å². The molecule has 1 N–H and O–H groups in total. The van der Waals surface area contributed by atoms with Gasteiger partial charge in [-0.05, 0) is 20.8 Å². The predicted molar refractivity (Wildman–Crippen MR) is 42.6 cm³/mol. The quantitative estimate of drug-likeness (QED) is 0.473. The molecule has 0 fully saturated rings. The number of hydrogen-bond donors (Lipinski definition) is 1. The molecule has 0 radical (unpaired) electrons. The summed E-state index contributed by atoms with van der Waals surface area (Å²) >= 11 is 0. The minimum atomic E-state index is -0.301. The first-order valence-electron chi connectivity index (χ1n) is 3.49. The van der Waals surface area contributed by atoms with Crippen LogP contribution in [-0.4, -0.2) is 11.9 Å². The highest BCUT2D eigenvalue weighted by Crippen LogP contribution is 1.92. The van der Waals surface area contributed by atoms with Crippen molar-refractivity contribution < 1.29 is 4.79 Å². The van der Waals surface area contributed by atoms with Gasteiger partial charge in [-0.25, -0.2) is 0 Å². The van der Waals surface area contributed by atoms with E-state index in [-0.39, 0.29) is 17.5 Å². The van der Waals surface area contributed by atoms with E-state index in [2.05, 4.69) is 5.32 Å². The Balaban J connectivity index is 4.16. The first kappa shape index (κ1) is 9.70. The average Bonchev–Trinajstić information content (AvgIpc) is 1.88. The van der Waals surface area contributed by atoms with Crippen molar-refractivity contribution >= 4 is 5.91 Å². The zero-order valence-electron chi connectivity index (χ0n) is 7.01. The number of hydrogen-bond acceptors (Lipinski definition) is 2. The molecular weight excluding hydrogens is 140 g/mol. The topological polar surface area (TPSA) is 52.9 Å². The standard InChI is InChI=1S/C8H12N2O/c1-4-7(5-9)8(11)10-6(2)3/h4,6H,1-3H3,(H,10,11). The Morgan fingerprint density at radius 1 is 1.64 bits per heavy atom. The first-order valence-corrected chi connectivity index (χ1v) is 3.49. The Hall–Kier alpha value is -1.30. The lowest BCUT2D eigenvalue weighted by atomic mass is 10.2. The molecular formula is C8H12N2O. The van der Waals surface area contributed by atoms with Crippen molar-refractivity contribution in [1.29, 1.82) is 5.26 Å². The highest BCUT2D eigenvalue weighted by Gasteiger charge is 2.07. The fraction of sp³-hybridized carbons (Fsp3) is 0.500. The van der Waals surface area contributed by atoms with Crippen molar-refractivity contribution in [3.63, 3.8) is 0 Å². The molecule has 0 spiro atoms. The van der Waals surface area contributed by atoms with E-state index in [1.54, 1.807) is 13.0 Å². The van der Waals surface area contributed by atoms with Crippen LogP contribution in [-0.2, 0) is 4.79 Å². The van der Waals surface area contributed by atoms with Gasteiger partial charge in [-0.1, -0.05) is 6.08 Å². The molecule has 0 aromatic rings. The van der Waals surface area contributed by atoms with Crippen molar-refractivity contribution in [2.45, 2.75) is 26.8 Å². The molecule has 3 nitrogen and oxygen atoms in total. The number of carbonyl (C=O) groups is 1. The fourth-order valence-electron chi connectivity index (χ4n) is 0.586. The summed E-state index contributed by atoms with van der Waals surface area (Å²) in [5.74, 6) is -0.301. The molecule has 0 unspecified atom stereocenters. The second-order valence-corrected chi connectivity index (χ2v) is 2.44. The van der Waals surface area contributed by atoms with E-state index < -0.39 is 0 Å². The van der Waals surface area contributed by atoms with E-state index in [0.717, 1.165) is 0 Å². The summed E-state index contributed by atoms with van der Waals surface area (Å²) < 4.78 is 0. The van der Waals surface area contributed by atoms with Gasteiger partial charge in [0.15, 0.2) is 0 Å². The van der Waals surface area contributed by atoms with Crippen molar-refractivity contribution in [3.8, 4) is 6.07 Å². The molecule has 60 valence electrons. The number of nitrogens with zero attached hydrogens (tertiary/aromatic N) is 1. The van der Waals surface area contributed by atoms with Gasteiger partial charge >= 0.3 is 0 Å². The van der Waals surface area contributed by atoms with E-state index in [1.807, 2.05) is 13.8 Å². The van der Waals surface area contributed by atoms with Gasteiger partial charge < -0.3 is 5.32 Å². The van der Waals surface area contributed by atoms with E-state index in [1.165, 1.54) is 6.08 Å². The molecule has 0 saturated heterocycles. The molecule has 3 heteroatoms. The second-order valence-electron chi connectivity index (χ2n) is 2.44. The van der Waals surface area contributed by atoms with Crippen LogP contribution in [0.15, 0.2) is 11.6 Å². The SMILES string of the molecule is CC=C(C#N)C(=O)NC(C)C. The summed E-state index contributed by atoms with van der Waals surface area (Å²) in [5, 5.41) is 11.0. The number of nitrogens with one attached hydrogen (secondary N) is 1. The minimum absolute atomic E-state index is 0.0748. The Labute approximate surface area is 66.7 Å². The molecule has 0 bridgehead atoms. The highest BCUT2D eigenvalue weighted by molar-refractivity contribution is 5.97. The Bertz CT molecular complexity index is 211. The lowest BCUT2D eigenvalue weighted by Crippen LogP contribution is -2.30. The van der Waals surface area contributed by atoms with Gasteiger partial charge in [0.1, 0.15) is 11.6 Å². The lowest BCUT2D eigenvalue weighted by Gasteiger charge is -2.05. The van der Waals surface area contributed by atoms with Crippen LogP contribution in [0.4, 0.5) is 0 Å². The molecule has 0 atom stereocenters. The maximum atomic E-state index is 11.0. The summed E-state index contributed by atoms with van der Waals surface area (Å²) in [5.41, 5.74) is 0.165. The van der Waals surface area contributed by atoms with Crippen molar-refractivity contribution in [3.05, 3.63) is 11.6 Å². The maximum Gasteiger partial charge on any atom is 0.261 e. The van der Waals surface area contributed by atoms with Gasteiger partial charge in [-0.2, -0.15) is 5.26 Å². The van der Waals surface area contributed by atoms with Crippen LogP contribution in [0.1, 0.15) is 20.8 Å². The van der Waals surface area contributed by atoms with Gasteiger partial charge in [0.2, 0.25) is 0 Å². The molecule has 11 heavy (non-hydrogen) atoms. The van der Waals surface area contributed by atoms with E-state index in [4.69, 9.17) is 5.26 Å². The third-order valence-corrected chi connectivity index (χ3v) is 1.07. The van der Waals surface area contributed by atoms with Gasteiger partial charge in [0.25, 0.3) is 5.91 Å². The van der Waals surface area contributed by atoms with Crippen molar-refractivity contribution in [1.82, 2.24) is 5.32 Å². The molecule has 1 amide bonds. The monoisotopic (exact) mass is 152 g/mol. The first-order chi connectivity index (χ1) is 5.11. The summed E-state index contributed by atoms with van der Waals surface area (Å²) in [7, 11) is 0. The summed E-state index contributed by atoms with van der Waals surface area (Å²) in [6.45, 7) is 5.36. The van der Waals surface area contributed by atoms with E-state index in [9.17, 15) is 4.79 Å². The van der Waals surface area contributed by atoms with Crippen molar-refractivity contribution in [2.24, 2.45) is 0 Å². The molecule has 0 heterocycles. The third kappa shape index (κ3) is 3.41. The third-order valence-electron chi connectivity index (χ3n) is 1.07. The van der Waals surface area contributed by atoms with Crippen LogP contribution in [0.3, 0.4) is 0 Å². The smallest absolute Gasteiger partial charge is 0.261 e. The fourth-order valence-corrected chi connectivity index (χ4v) is 0.586. The van der Waals surface area contributed by atoms with Crippen LogP contribution in [0.2, 0.25) is 0 Å². The highest BCUT2D eigenvalue weighted by atomic mass is 16.1. The van der Waals surface area contributed by atoms with Crippen molar-refractivity contribution in [2.75, 3.05) is 0 Å². The van der Waals surface area contributed by atoms with Gasteiger partial charge in [-0.3, -0.25) is 4.79 Å². The van der Waals surface area contributed by atoms with Crippen LogP contribution in [0.5, 0.6) is 0 Å². The Morgan fingerprint density at radius 3 is 2.45 bits per heavy atom. The summed E-state index contributed by atoms with van der Waals surface area (Å²) in [6, 6.07) is 1.88. The van der Waals surface area contributed by atoms with E-state index in [0.29, 0.717) is 0 Å². The van der Waals surface area contributed by atoms with Crippen LogP contribution in [0, 0.1) is 11.3 Å². The van der Waals surface area contributed by atoms with Crippen LogP contribution in [0.25, 0.3) is 0 Å². The predicted octanol–water partition coefficient (Wildman–Crippen LogP) is 0.981. The number of rotatable bonds is 2. The summed E-state index contributed by atoms with van der Waals surface area (Å²) in [4.78, 5) is 11.0.